The summed E-state index contributed by atoms with van der Waals surface area (Å²) in [5, 5.41) is 15.3. The zero-order valence-corrected chi connectivity index (χ0v) is 17.5. The molecule has 2 aromatic carbocycles. The van der Waals surface area contributed by atoms with Gasteiger partial charge >= 0.3 is 0 Å². The van der Waals surface area contributed by atoms with E-state index in [1.54, 1.807) is 24.3 Å². The van der Waals surface area contributed by atoms with Gasteiger partial charge in [0, 0.05) is 22.4 Å². The molecule has 7 nitrogen and oxygen atoms in total. The summed E-state index contributed by atoms with van der Waals surface area (Å²) in [6.45, 7) is 1.79. The molecule has 1 N–H and O–H groups in total. The van der Waals surface area contributed by atoms with Crippen molar-refractivity contribution in [3.63, 3.8) is 0 Å². The average molecular weight is 437 g/mol. The lowest BCUT2D eigenvalue weighted by molar-refractivity contribution is -0.384. The molecule has 0 unspecified atom stereocenters. The predicted molar refractivity (Wildman–Crippen MR) is 120 cm³/mol. The van der Waals surface area contributed by atoms with Crippen LogP contribution in [0.25, 0.3) is 20.7 Å². The summed E-state index contributed by atoms with van der Waals surface area (Å²) in [4.78, 5) is 33.6. The van der Waals surface area contributed by atoms with Gasteiger partial charge in [-0.1, -0.05) is 48.2 Å². The Hall–Kier alpha value is -3.30. The quantitative estimate of drug-likeness (QED) is 0.190. The molecule has 0 spiro atoms. The molecule has 0 bridgehead atoms. The van der Waals surface area contributed by atoms with Gasteiger partial charge in [-0.25, -0.2) is 9.97 Å². The highest BCUT2D eigenvalue weighted by atomic mass is 32.2. The summed E-state index contributed by atoms with van der Waals surface area (Å²) in [7, 11) is 0. The van der Waals surface area contributed by atoms with E-state index in [1.165, 1.54) is 30.2 Å². The number of amides is 1. The number of hydrogen-bond acceptors (Lipinski definition) is 7. The van der Waals surface area contributed by atoms with E-state index in [0.717, 1.165) is 31.2 Å². The molecule has 0 saturated heterocycles. The second kappa shape index (κ2) is 8.60. The van der Waals surface area contributed by atoms with E-state index in [9.17, 15) is 14.9 Å². The molecule has 0 atom stereocenters. The van der Waals surface area contributed by atoms with Crippen molar-refractivity contribution in [2.24, 2.45) is 0 Å². The summed E-state index contributed by atoms with van der Waals surface area (Å²) in [5.41, 5.74) is 2.24. The molecule has 9 heteroatoms. The molecule has 2 heterocycles. The van der Waals surface area contributed by atoms with E-state index >= 15 is 0 Å². The van der Waals surface area contributed by atoms with Gasteiger partial charge in [0.15, 0.2) is 0 Å². The number of thioether (sulfide) groups is 1. The minimum absolute atomic E-state index is 0.0622. The highest BCUT2D eigenvalue weighted by Crippen LogP contribution is 2.36. The molecule has 0 aliphatic carbocycles. The van der Waals surface area contributed by atoms with Crippen molar-refractivity contribution in [2.45, 2.75) is 11.9 Å². The van der Waals surface area contributed by atoms with Crippen LogP contribution in [0.4, 0.5) is 11.4 Å². The van der Waals surface area contributed by atoms with Gasteiger partial charge in [-0.15, -0.1) is 11.3 Å². The van der Waals surface area contributed by atoms with Crippen LogP contribution in [0, 0.1) is 17.0 Å². The van der Waals surface area contributed by atoms with Crippen molar-refractivity contribution in [2.75, 3.05) is 11.1 Å². The number of hydrogen-bond donors (Lipinski definition) is 1. The normalized spacial score (nSPS) is 10.8. The van der Waals surface area contributed by atoms with Crippen LogP contribution >= 0.6 is 23.1 Å². The lowest BCUT2D eigenvalue weighted by Crippen LogP contribution is -2.15. The Morgan fingerprint density at radius 3 is 2.73 bits per heavy atom. The highest BCUT2D eigenvalue weighted by Gasteiger charge is 2.14. The Kier molecular flexibility index (Phi) is 5.73. The molecule has 150 valence electrons. The monoisotopic (exact) mass is 436 g/mol. The van der Waals surface area contributed by atoms with Gasteiger partial charge in [-0.05, 0) is 24.1 Å². The molecule has 0 fully saturated rings. The zero-order chi connectivity index (χ0) is 21.1. The van der Waals surface area contributed by atoms with Crippen LogP contribution in [0.15, 0.2) is 66.0 Å². The van der Waals surface area contributed by atoms with Crippen LogP contribution in [0.5, 0.6) is 0 Å². The molecular weight excluding hydrogens is 420 g/mol. The van der Waals surface area contributed by atoms with Crippen LogP contribution in [0.3, 0.4) is 0 Å². The number of aryl methyl sites for hydroxylation is 1. The third-order valence-corrected chi connectivity index (χ3v) is 6.49. The first-order chi connectivity index (χ1) is 14.5. The number of nitro benzene ring substituents is 1. The van der Waals surface area contributed by atoms with Gasteiger partial charge in [0.05, 0.1) is 16.4 Å². The predicted octanol–water partition coefficient (Wildman–Crippen LogP) is 5.31. The van der Waals surface area contributed by atoms with Gasteiger partial charge in [-0.3, -0.25) is 14.9 Å². The maximum atomic E-state index is 12.4. The standard InChI is InChI=1S/C21H16N4O3S2/c1-13-7-8-15(25(27)28)9-17(13)24-19(26)11-29-20-16-10-18(14-5-3-2-4-6-14)30-21(16)23-12-22-20/h2-10,12H,11H2,1H3,(H,24,26). The third kappa shape index (κ3) is 4.32. The number of thiophene rings is 1. The van der Waals surface area contributed by atoms with Gasteiger partial charge in [0.25, 0.3) is 5.69 Å². The fraction of sp³-hybridized carbons (Fsp3) is 0.0952. The maximum absolute atomic E-state index is 12.4. The first-order valence-electron chi connectivity index (χ1n) is 8.99. The van der Waals surface area contributed by atoms with Crippen molar-refractivity contribution in [3.8, 4) is 10.4 Å². The number of carbonyl (C=O) groups excluding carboxylic acids is 1. The summed E-state index contributed by atoms with van der Waals surface area (Å²) >= 11 is 2.89. The van der Waals surface area contributed by atoms with Crippen LogP contribution in [0.1, 0.15) is 5.56 Å². The van der Waals surface area contributed by atoms with E-state index in [4.69, 9.17) is 0 Å². The molecule has 1 amide bonds. The second-order valence-corrected chi connectivity index (χ2v) is 8.46. The Labute approximate surface area is 180 Å². The molecule has 4 rings (SSSR count). The number of anilines is 1. The summed E-state index contributed by atoms with van der Waals surface area (Å²) < 4.78 is 0. The average Bonchev–Trinajstić information content (AvgIpc) is 3.19. The second-order valence-electron chi connectivity index (χ2n) is 6.47. The van der Waals surface area contributed by atoms with Crippen molar-refractivity contribution >= 4 is 50.6 Å². The fourth-order valence-corrected chi connectivity index (χ4v) is 4.71. The Bertz CT molecular complexity index is 1240. The number of nitro groups is 1. The molecule has 2 aromatic heterocycles. The number of rotatable bonds is 6. The highest BCUT2D eigenvalue weighted by molar-refractivity contribution is 8.00. The zero-order valence-electron chi connectivity index (χ0n) is 15.9. The first kappa shape index (κ1) is 20.0. The van der Waals surface area contributed by atoms with Crippen LogP contribution in [0.2, 0.25) is 0 Å². The summed E-state index contributed by atoms with van der Waals surface area (Å²) in [5.74, 6) is -0.126. The number of benzene rings is 2. The molecule has 4 aromatic rings. The minimum atomic E-state index is -0.484. The number of carbonyl (C=O) groups is 1. The fourth-order valence-electron chi connectivity index (χ4n) is 2.87. The Balaban J connectivity index is 1.50. The number of non-ortho nitro benzene ring substituents is 1. The maximum Gasteiger partial charge on any atom is 0.271 e. The van der Waals surface area contributed by atoms with Crippen molar-refractivity contribution < 1.29 is 9.72 Å². The molecule has 0 aliphatic heterocycles. The van der Waals surface area contributed by atoms with Gasteiger partial charge in [-0.2, -0.15) is 0 Å². The first-order valence-corrected chi connectivity index (χ1v) is 10.8. The summed E-state index contributed by atoms with van der Waals surface area (Å²) in [6.07, 6.45) is 1.50. The lowest BCUT2D eigenvalue weighted by Gasteiger charge is -2.08. The Morgan fingerprint density at radius 2 is 1.97 bits per heavy atom. The topological polar surface area (TPSA) is 98.0 Å². The molecule has 0 radical (unpaired) electrons. The molecular formula is C21H16N4O3S2. The molecule has 30 heavy (non-hydrogen) atoms. The van der Waals surface area contributed by atoms with Crippen LogP contribution < -0.4 is 5.32 Å². The van der Waals surface area contributed by atoms with E-state index in [0.29, 0.717) is 5.69 Å². The molecule has 0 aliphatic rings. The number of nitrogens with one attached hydrogen (secondary N) is 1. The van der Waals surface area contributed by atoms with E-state index in [1.807, 2.05) is 36.4 Å². The number of fused-ring (bicyclic) bond motifs is 1. The molecule has 0 saturated carbocycles. The van der Waals surface area contributed by atoms with Crippen LogP contribution in [-0.2, 0) is 4.79 Å². The van der Waals surface area contributed by atoms with Gasteiger partial charge in [0.1, 0.15) is 16.2 Å². The van der Waals surface area contributed by atoms with E-state index in [2.05, 4.69) is 15.3 Å². The number of nitrogens with zero attached hydrogens (tertiary/aromatic N) is 3. The SMILES string of the molecule is Cc1ccc([N+](=O)[O-])cc1NC(=O)CSc1ncnc2sc(-c3ccccc3)cc12. The van der Waals surface area contributed by atoms with Crippen molar-refractivity contribution in [1.82, 2.24) is 9.97 Å². The van der Waals surface area contributed by atoms with E-state index in [-0.39, 0.29) is 17.3 Å². The van der Waals surface area contributed by atoms with Crippen LogP contribution in [-0.4, -0.2) is 26.6 Å². The van der Waals surface area contributed by atoms with Crippen molar-refractivity contribution in [3.05, 3.63) is 76.6 Å². The minimum Gasteiger partial charge on any atom is -0.325 e. The summed E-state index contributed by atoms with van der Waals surface area (Å²) in [6, 6.07) is 16.5. The smallest absolute Gasteiger partial charge is 0.271 e. The van der Waals surface area contributed by atoms with Gasteiger partial charge < -0.3 is 5.32 Å². The van der Waals surface area contributed by atoms with Gasteiger partial charge in [0.2, 0.25) is 5.91 Å². The Morgan fingerprint density at radius 1 is 1.17 bits per heavy atom. The largest absolute Gasteiger partial charge is 0.325 e. The van der Waals surface area contributed by atoms with Crippen molar-refractivity contribution in [1.29, 1.82) is 0 Å². The lowest BCUT2D eigenvalue weighted by atomic mass is 10.2. The third-order valence-electron chi connectivity index (χ3n) is 4.40. The number of aromatic nitrogens is 2. The van der Waals surface area contributed by atoms with E-state index < -0.39 is 4.92 Å².